The molecule has 0 radical (unpaired) electrons. The molecule has 0 bridgehead atoms. The van der Waals surface area contributed by atoms with Crippen LogP contribution < -0.4 is 9.80 Å². The number of rotatable bonds is 18. The van der Waals surface area contributed by atoms with Crippen LogP contribution in [0.4, 0.5) is 11.9 Å². The van der Waals surface area contributed by atoms with Gasteiger partial charge in [-0.25, -0.2) is 9.97 Å². The Labute approximate surface area is 321 Å². The van der Waals surface area contributed by atoms with Gasteiger partial charge < -0.3 is 28.4 Å². The number of esters is 4. The molecule has 0 saturated carbocycles. The van der Waals surface area contributed by atoms with Gasteiger partial charge in [-0.3, -0.25) is 47.7 Å². The van der Waals surface area contributed by atoms with Gasteiger partial charge in [-0.05, 0) is 0 Å². The van der Waals surface area contributed by atoms with Crippen LogP contribution in [0.5, 0.6) is 0 Å². The van der Waals surface area contributed by atoms with Gasteiger partial charge in [0.15, 0.2) is 21.6 Å². The van der Waals surface area contributed by atoms with Crippen molar-refractivity contribution in [3.05, 3.63) is 23.0 Å². The molecule has 0 aromatic carbocycles. The molecule has 0 aliphatic carbocycles. The molecule has 0 fully saturated rings. The van der Waals surface area contributed by atoms with Gasteiger partial charge in [-0.1, -0.05) is 23.2 Å². The second kappa shape index (κ2) is 19.1. The summed E-state index contributed by atoms with van der Waals surface area (Å²) in [6, 6.07) is 0. The zero-order valence-electron chi connectivity index (χ0n) is 30.4. The number of aromatic nitrogens is 8. The Morgan fingerprint density at radius 2 is 0.909 bits per heavy atom. The molecule has 0 N–H and O–H groups in total. The summed E-state index contributed by atoms with van der Waals surface area (Å²) in [5, 5.41) is -0.276. The summed E-state index contributed by atoms with van der Waals surface area (Å²) < 4.78 is 34.5. The van der Waals surface area contributed by atoms with Crippen molar-refractivity contribution in [2.45, 2.75) is 67.2 Å². The maximum atomic E-state index is 13.1. The third-order valence-electron chi connectivity index (χ3n) is 7.13. The number of carbonyl (C=O) groups excluding carboxylic acids is 6. The molecule has 55 heavy (non-hydrogen) atoms. The van der Waals surface area contributed by atoms with Gasteiger partial charge in [-0.2, -0.15) is 19.9 Å². The number of anilines is 2. The zero-order valence-corrected chi connectivity index (χ0v) is 31.9. The van der Waals surface area contributed by atoms with Crippen LogP contribution in [0.3, 0.4) is 0 Å². The summed E-state index contributed by atoms with van der Waals surface area (Å²) in [5.74, 6) is -3.94. The minimum absolute atomic E-state index is 0.125. The Morgan fingerprint density at radius 3 is 1.20 bits per heavy atom. The molecule has 4 heterocycles. The fraction of sp³-hybridized carbons (Fsp3) is 0.484. The van der Waals surface area contributed by atoms with Crippen LogP contribution in [0.25, 0.3) is 22.3 Å². The Kier molecular flexibility index (Phi) is 14.7. The van der Waals surface area contributed by atoms with Crippen LogP contribution in [0.15, 0.2) is 12.7 Å². The molecule has 22 nitrogen and oxygen atoms in total. The molecular formula is C31H36Cl2N10O12. The van der Waals surface area contributed by atoms with E-state index in [2.05, 4.69) is 29.9 Å². The number of imidazole rings is 2. The highest BCUT2D eigenvalue weighted by Crippen LogP contribution is 2.26. The lowest BCUT2D eigenvalue weighted by molar-refractivity contribution is -0.156. The summed E-state index contributed by atoms with van der Waals surface area (Å²) in [6.07, 6.45) is 0.984. The van der Waals surface area contributed by atoms with Crippen LogP contribution in [-0.4, -0.2) is 120 Å². The van der Waals surface area contributed by atoms with Gasteiger partial charge in [0, 0.05) is 41.5 Å². The Bertz CT molecular complexity index is 1900. The molecule has 4 aromatic rings. The molecule has 0 atom stereocenters. The third kappa shape index (κ3) is 11.7. The van der Waals surface area contributed by atoms with E-state index in [9.17, 15) is 28.8 Å². The molecule has 0 aliphatic rings. The lowest BCUT2D eigenvalue weighted by Crippen LogP contribution is -2.44. The SMILES string of the molecule is CC(=O)OCC(COC(C)=O)OCn1cnc2c(Cl)nc(N(CN(C(C)=O)c3nc(Cl)c4ncn(COC(COC(C)=O)COC(C)=O)c4n3)C(C)=O)nc21. The van der Waals surface area contributed by atoms with Crippen molar-refractivity contribution >= 4 is 93.1 Å². The molecule has 4 rings (SSSR count). The van der Waals surface area contributed by atoms with Crippen molar-refractivity contribution in [1.29, 1.82) is 0 Å². The summed E-state index contributed by atoms with van der Waals surface area (Å²) in [7, 11) is 0. The smallest absolute Gasteiger partial charge is 0.302 e. The summed E-state index contributed by atoms with van der Waals surface area (Å²) in [4.78, 5) is 99.5. The molecule has 0 spiro atoms. The number of nitrogens with zero attached hydrogens (tertiary/aromatic N) is 10. The quantitative estimate of drug-likeness (QED) is 0.0598. The van der Waals surface area contributed by atoms with Gasteiger partial charge in [0.2, 0.25) is 23.7 Å². The number of hydrogen-bond donors (Lipinski definition) is 0. The normalized spacial score (nSPS) is 11.2. The maximum Gasteiger partial charge on any atom is 0.302 e. The van der Waals surface area contributed by atoms with E-state index in [0.29, 0.717) is 0 Å². The summed E-state index contributed by atoms with van der Waals surface area (Å²) in [5.41, 5.74) is 0.548. The monoisotopic (exact) mass is 810 g/mol. The number of hydrogen-bond acceptors (Lipinski definition) is 18. The van der Waals surface area contributed by atoms with E-state index in [4.69, 9.17) is 51.6 Å². The van der Waals surface area contributed by atoms with E-state index < -0.39 is 54.6 Å². The van der Waals surface area contributed by atoms with Gasteiger partial charge in [0.05, 0.1) is 12.7 Å². The summed E-state index contributed by atoms with van der Waals surface area (Å²) in [6.45, 7) is 5.45. The first-order valence-electron chi connectivity index (χ1n) is 16.1. The fourth-order valence-electron chi connectivity index (χ4n) is 4.48. The predicted octanol–water partition coefficient (Wildman–Crippen LogP) is 1.57. The highest BCUT2D eigenvalue weighted by Gasteiger charge is 2.27. The van der Waals surface area contributed by atoms with Gasteiger partial charge in [0.1, 0.15) is 69.8 Å². The molecule has 24 heteroatoms. The average Bonchev–Trinajstić information content (AvgIpc) is 3.71. The Hall–Kier alpha value is -5.58. The standard InChI is InChI=1S/C31H36Cl2N10O12/c1-16(44)42(30-36-26(32)24-28(38-30)40(11-34-24)14-54-22(7-50-18(3)46)8-51-19(4)47)13-43(17(2)45)31-37-27(33)25-29(39-31)41(12-35-25)15-55-23(9-52-20(5)48)10-53-21(6)49/h11-12,22-23H,7-10,13-15H2,1-6H3. The van der Waals surface area contributed by atoms with E-state index in [1.54, 1.807) is 0 Å². The molecule has 0 saturated heterocycles. The third-order valence-corrected chi connectivity index (χ3v) is 7.66. The number of fused-ring (bicyclic) bond motifs is 2. The molecule has 2 amide bonds. The lowest BCUT2D eigenvalue weighted by Gasteiger charge is -2.26. The van der Waals surface area contributed by atoms with Crippen LogP contribution in [0.1, 0.15) is 41.5 Å². The Balaban J connectivity index is 1.61. The minimum Gasteiger partial charge on any atom is -0.463 e. The van der Waals surface area contributed by atoms with Crippen molar-refractivity contribution in [2.24, 2.45) is 0 Å². The Morgan fingerprint density at radius 1 is 0.582 bits per heavy atom. The van der Waals surface area contributed by atoms with Crippen LogP contribution in [0.2, 0.25) is 10.3 Å². The van der Waals surface area contributed by atoms with Crippen molar-refractivity contribution in [3.8, 4) is 0 Å². The van der Waals surface area contributed by atoms with E-state index >= 15 is 0 Å². The maximum absolute atomic E-state index is 13.1. The van der Waals surface area contributed by atoms with Crippen molar-refractivity contribution in [2.75, 3.05) is 42.9 Å². The van der Waals surface area contributed by atoms with E-state index in [0.717, 1.165) is 9.80 Å². The highest BCUT2D eigenvalue weighted by molar-refractivity contribution is 6.34. The summed E-state index contributed by atoms with van der Waals surface area (Å²) >= 11 is 12.9. The molecule has 296 valence electrons. The minimum atomic E-state index is -0.852. The number of amides is 2. The van der Waals surface area contributed by atoms with Gasteiger partial charge >= 0.3 is 23.9 Å². The van der Waals surface area contributed by atoms with Crippen molar-refractivity contribution in [3.63, 3.8) is 0 Å². The van der Waals surface area contributed by atoms with Crippen molar-refractivity contribution in [1.82, 2.24) is 39.0 Å². The van der Waals surface area contributed by atoms with Crippen LogP contribution in [0, 0.1) is 0 Å². The van der Waals surface area contributed by atoms with E-state index in [1.807, 2.05) is 0 Å². The first-order chi connectivity index (χ1) is 26.0. The fourth-order valence-corrected chi connectivity index (χ4v) is 4.90. The molecule has 0 aliphatic heterocycles. The first-order valence-corrected chi connectivity index (χ1v) is 16.9. The van der Waals surface area contributed by atoms with Gasteiger partial charge in [-0.15, -0.1) is 0 Å². The first kappa shape index (κ1) is 42.2. The highest BCUT2D eigenvalue weighted by atomic mass is 35.5. The molecular weight excluding hydrogens is 775 g/mol. The molecule has 0 unspecified atom stereocenters. The largest absolute Gasteiger partial charge is 0.463 e. The average molecular weight is 812 g/mol. The van der Waals surface area contributed by atoms with Crippen molar-refractivity contribution < 1.29 is 57.2 Å². The second-order valence-electron chi connectivity index (χ2n) is 11.5. The van der Waals surface area contributed by atoms with E-state index in [1.165, 1.54) is 63.3 Å². The predicted molar refractivity (Wildman–Crippen MR) is 188 cm³/mol. The second-order valence-corrected chi connectivity index (χ2v) is 12.2. The number of halogens is 2. The van der Waals surface area contributed by atoms with Gasteiger partial charge in [0.25, 0.3) is 0 Å². The van der Waals surface area contributed by atoms with Crippen LogP contribution >= 0.6 is 23.2 Å². The van der Waals surface area contributed by atoms with E-state index in [-0.39, 0.29) is 84.4 Å². The lowest BCUT2D eigenvalue weighted by atomic mass is 10.4. The number of ether oxygens (including phenoxy) is 6. The van der Waals surface area contributed by atoms with Crippen LogP contribution in [-0.2, 0) is 70.7 Å². The zero-order chi connectivity index (χ0) is 40.4. The molecule has 4 aromatic heterocycles. The topological polar surface area (TPSA) is 251 Å². The number of carbonyl (C=O) groups is 6.